The molecule has 0 aromatic carbocycles. The molecule has 1 N–H and O–H groups in total. The van der Waals surface area contributed by atoms with Gasteiger partial charge in [-0.3, -0.25) is 9.59 Å². The van der Waals surface area contributed by atoms with Crippen molar-refractivity contribution in [3.63, 3.8) is 0 Å². The van der Waals surface area contributed by atoms with E-state index in [1.54, 1.807) is 6.92 Å². The van der Waals surface area contributed by atoms with Crippen molar-refractivity contribution in [1.29, 1.82) is 0 Å². The van der Waals surface area contributed by atoms with Crippen LogP contribution >= 0.6 is 0 Å². The molecular weight excluding hydrogens is 384 g/mol. The molecule has 5 rings (SSSR count). The quantitative estimate of drug-likeness (QED) is 0.560. The summed E-state index contributed by atoms with van der Waals surface area (Å²) in [5, 5.41) is 11.6. The lowest BCUT2D eigenvalue weighted by Crippen LogP contribution is -2.67. The maximum Gasteiger partial charge on any atom is 0.138 e. The topological polar surface area (TPSA) is 54.4 Å². The lowest BCUT2D eigenvalue weighted by molar-refractivity contribution is -0.242. The SMILES string of the molecule is CC(=O)C1CCC2(O)CCC3(C)C(CCC4C5(C)CCC(=O)C(C)(C)C5CCC43C)C12. The molecule has 5 aliphatic carbocycles. The second-order valence-corrected chi connectivity index (χ2v) is 13.7. The van der Waals surface area contributed by atoms with Crippen molar-refractivity contribution in [2.24, 2.45) is 51.2 Å². The van der Waals surface area contributed by atoms with Gasteiger partial charge in [-0.2, -0.15) is 0 Å². The highest BCUT2D eigenvalue weighted by Crippen LogP contribution is 2.75. The number of carbonyl (C=O) groups excluding carboxylic acids is 2. The van der Waals surface area contributed by atoms with Crippen LogP contribution in [0.25, 0.3) is 0 Å². The molecule has 0 aromatic heterocycles. The second-order valence-electron chi connectivity index (χ2n) is 13.7. The van der Waals surface area contributed by atoms with Gasteiger partial charge in [0.25, 0.3) is 0 Å². The van der Waals surface area contributed by atoms with Gasteiger partial charge in [0.15, 0.2) is 0 Å². The molecule has 174 valence electrons. The van der Waals surface area contributed by atoms with Crippen molar-refractivity contribution in [3.05, 3.63) is 0 Å². The molecule has 9 unspecified atom stereocenters. The van der Waals surface area contributed by atoms with Crippen molar-refractivity contribution < 1.29 is 14.7 Å². The van der Waals surface area contributed by atoms with E-state index < -0.39 is 5.60 Å². The van der Waals surface area contributed by atoms with Gasteiger partial charge < -0.3 is 5.11 Å². The van der Waals surface area contributed by atoms with E-state index in [-0.39, 0.29) is 33.5 Å². The Morgan fingerprint density at radius 1 is 0.839 bits per heavy atom. The monoisotopic (exact) mass is 428 g/mol. The first-order valence-electron chi connectivity index (χ1n) is 13.1. The fourth-order valence-electron chi connectivity index (χ4n) is 10.8. The highest BCUT2D eigenvalue weighted by Gasteiger charge is 2.71. The van der Waals surface area contributed by atoms with Crippen LogP contribution < -0.4 is 0 Å². The Labute approximate surface area is 189 Å². The van der Waals surface area contributed by atoms with Gasteiger partial charge in [0.2, 0.25) is 0 Å². The number of aliphatic hydroxyl groups is 1. The molecule has 0 amide bonds. The fourth-order valence-corrected chi connectivity index (χ4v) is 10.8. The average molecular weight is 429 g/mol. The molecule has 0 heterocycles. The largest absolute Gasteiger partial charge is 0.390 e. The van der Waals surface area contributed by atoms with Crippen LogP contribution in [0.15, 0.2) is 0 Å². The summed E-state index contributed by atoms with van der Waals surface area (Å²) in [7, 11) is 0. The smallest absolute Gasteiger partial charge is 0.138 e. The van der Waals surface area contributed by atoms with E-state index in [1.165, 1.54) is 12.8 Å². The van der Waals surface area contributed by atoms with Crippen molar-refractivity contribution >= 4 is 11.6 Å². The molecule has 0 saturated heterocycles. The third-order valence-corrected chi connectivity index (χ3v) is 12.7. The molecule has 0 aliphatic heterocycles. The zero-order chi connectivity index (χ0) is 22.6. The summed E-state index contributed by atoms with van der Waals surface area (Å²) in [5.41, 5.74) is -0.205. The normalized spacial score (nSPS) is 55.6. The maximum absolute atomic E-state index is 12.8. The zero-order valence-corrected chi connectivity index (χ0v) is 20.7. The van der Waals surface area contributed by atoms with Gasteiger partial charge in [-0.1, -0.05) is 34.6 Å². The summed E-state index contributed by atoms with van der Waals surface area (Å²) in [6, 6.07) is 0. The third-order valence-electron chi connectivity index (χ3n) is 12.7. The number of hydrogen-bond donors (Lipinski definition) is 1. The van der Waals surface area contributed by atoms with E-state index in [0.717, 1.165) is 51.4 Å². The Hall–Kier alpha value is -0.700. The molecule has 0 radical (unpaired) electrons. The lowest BCUT2D eigenvalue weighted by atomic mass is 9.33. The third kappa shape index (κ3) is 2.56. The van der Waals surface area contributed by atoms with Gasteiger partial charge in [-0.25, -0.2) is 0 Å². The number of Topliss-reactive ketones (excluding diaryl/α,β-unsaturated/α-hetero) is 2. The zero-order valence-electron chi connectivity index (χ0n) is 20.7. The van der Waals surface area contributed by atoms with Gasteiger partial charge in [0, 0.05) is 23.7 Å². The predicted molar refractivity (Wildman–Crippen MR) is 122 cm³/mol. The minimum atomic E-state index is -0.621. The first-order chi connectivity index (χ1) is 14.3. The van der Waals surface area contributed by atoms with Crippen LogP contribution in [0, 0.1) is 51.2 Å². The van der Waals surface area contributed by atoms with Crippen molar-refractivity contribution in [2.75, 3.05) is 0 Å². The Morgan fingerprint density at radius 2 is 1.55 bits per heavy atom. The van der Waals surface area contributed by atoms with Crippen LogP contribution in [0.5, 0.6) is 0 Å². The van der Waals surface area contributed by atoms with Crippen LogP contribution in [0.1, 0.15) is 106 Å². The van der Waals surface area contributed by atoms with E-state index in [1.807, 2.05) is 0 Å². The molecular formula is C28H44O3. The number of hydrogen-bond acceptors (Lipinski definition) is 3. The van der Waals surface area contributed by atoms with Gasteiger partial charge >= 0.3 is 0 Å². The molecule has 5 aliphatic rings. The first kappa shape index (κ1) is 22.1. The van der Waals surface area contributed by atoms with Gasteiger partial charge in [0.1, 0.15) is 11.6 Å². The summed E-state index contributed by atoms with van der Waals surface area (Å²) in [6.45, 7) is 13.8. The molecule has 0 spiro atoms. The van der Waals surface area contributed by atoms with E-state index in [0.29, 0.717) is 29.3 Å². The lowest BCUT2D eigenvalue weighted by Gasteiger charge is -2.72. The van der Waals surface area contributed by atoms with Crippen LogP contribution in [0.4, 0.5) is 0 Å². The standard InChI is InChI=1S/C28H44O3/c1-17(29)18-9-14-28(31)16-15-26(5)19(23(18)28)7-8-21-25(4)12-11-22(30)24(2,3)20(25)10-13-27(21,26)6/h18-21,23,31H,7-16H2,1-6H3. The molecule has 0 bridgehead atoms. The minimum absolute atomic E-state index is 0.0490. The molecule has 3 heteroatoms. The predicted octanol–water partition coefficient (Wildman–Crippen LogP) is 5.97. The molecule has 31 heavy (non-hydrogen) atoms. The summed E-state index contributed by atoms with van der Waals surface area (Å²) in [6.07, 6.45) is 10.1. The molecule has 0 aromatic rings. The minimum Gasteiger partial charge on any atom is -0.390 e. The van der Waals surface area contributed by atoms with Crippen LogP contribution in [-0.4, -0.2) is 22.3 Å². The van der Waals surface area contributed by atoms with Crippen LogP contribution in [-0.2, 0) is 9.59 Å². The number of fused-ring (bicyclic) bond motifs is 7. The van der Waals surface area contributed by atoms with E-state index in [9.17, 15) is 14.7 Å². The van der Waals surface area contributed by atoms with Crippen molar-refractivity contribution in [2.45, 2.75) is 111 Å². The molecule has 5 saturated carbocycles. The number of rotatable bonds is 1. The average Bonchev–Trinajstić information content (AvgIpc) is 3.04. The summed E-state index contributed by atoms with van der Waals surface area (Å²) < 4.78 is 0. The van der Waals surface area contributed by atoms with Crippen LogP contribution in [0.3, 0.4) is 0 Å². The molecule has 5 fully saturated rings. The van der Waals surface area contributed by atoms with Gasteiger partial charge in [-0.05, 0) is 98.7 Å². The Balaban J connectivity index is 1.55. The Bertz CT molecular complexity index is 815. The van der Waals surface area contributed by atoms with Crippen molar-refractivity contribution in [3.8, 4) is 0 Å². The summed E-state index contributed by atoms with van der Waals surface area (Å²) in [4.78, 5) is 25.4. The van der Waals surface area contributed by atoms with Crippen LogP contribution in [0.2, 0.25) is 0 Å². The summed E-state index contributed by atoms with van der Waals surface area (Å²) in [5.74, 6) is 2.52. The first-order valence-corrected chi connectivity index (χ1v) is 13.1. The van der Waals surface area contributed by atoms with Gasteiger partial charge in [-0.15, -0.1) is 0 Å². The highest BCUT2D eigenvalue weighted by molar-refractivity contribution is 5.85. The van der Waals surface area contributed by atoms with Gasteiger partial charge in [0.05, 0.1) is 5.60 Å². The molecule has 3 nitrogen and oxygen atoms in total. The maximum atomic E-state index is 12.8. The van der Waals surface area contributed by atoms with E-state index in [4.69, 9.17) is 0 Å². The van der Waals surface area contributed by atoms with E-state index >= 15 is 0 Å². The number of ketones is 2. The molecule has 9 atom stereocenters. The Kier molecular flexibility index (Phi) is 4.60. The van der Waals surface area contributed by atoms with E-state index in [2.05, 4.69) is 34.6 Å². The fraction of sp³-hybridized carbons (Fsp3) is 0.929. The highest BCUT2D eigenvalue weighted by atomic mass is 16.3. The van der Waals surface area contributed by atoms with Crippen molar-refractivity contribution in [1.82, 2.24) is 0 Å². The Morgan fingerprint density at radius 3 is 2.23 bits per heavy atom. The summed E-state index contributed by atoms with van der Waals surface area (Å²) >= 11 is 0. The second kappa shape index (κ2) is 6.45. The number of carbonyl (C=O) groups is 2.